The molecule has 0 saturated heterocycles. The third-order valence-corrected chi connectivity index (χ3v) is 8.89. The lowest BCUT2D eigenvalue weighted by Gasteiger charge is -2.37. The van der Waals surface area contributed by atoms with E-state index in [9.17, 15) is 17.8 Å². The minimum absolute atomic E-state index is 0.118. The third-order valence-electron chi connectivity index (χ3n) is 8.10. The fourth-order valence-corrected chi connectivity index (χ4v) is 6.24. The Morgan fingerprint density at radius 3 is 2.15 bits per heavy atom. The molecule has 2 saturated carbocycles. The van der Waals surface area contributed by atoms with Crippen LogP contribution in [-0.4, -0.2) is 74.1 Å². The van der Waals surface area contributed by atoms with Crippen molar-refractivity contribution >= 4 is 16.1 Å². The summed E-state index contributed by atoms with van der Waals surface area (Å²) >= 11 is 0. The quantitative estimate of drug-likeness (QED) is 0.227. The highest BCUT2D eigenvalue weighted by molar-refractivity contribution is 7.85. The number of nitrogens with zero attached hydrogens (tertiary/aromatic N) is 2. The number of quaternary nitrogens is 1. The molecule has 34 heavy (non-hydrogen) atoms. The highest BCUT2D eigenvalue weighted by atomic mass is 32.2. The minimum atomic E-state index is -4.19. The van der Waals surface area contributed by atoms with Gasteiger partial charge in [0.05, 0.1) is 42.8 Å². The molecule has 9 nitrogen and oxygen atoms in total. The number of ether oxygens (including phenoxy) is 1. The molecule has 0 aromatic carbocycles. The maximum Gasteiger partial charge on any atom is 0.315 e. The molecule has 2 aliphatic carbocycles. The summed E-state index contributed by atoms with van der Waals surface area (Å²) in [6, 6.07) is 0.0848. The molecule has 0 spiro atoms. The topological polar surface area (TPSA) is 131 Å². The number of likely N-dealkylation sites (N-methyl/N-ethyl adjacent to an activating group) is 1. The minimum Gasteiger partial charge on any atom is -0.748 e. The predicted molar refractivity (Wildman–Crippen MR) is 130 cm³/mol. The normalized spacial score (nSPS) is 25.8. The number of hydrogen-bond donors (Lipinski definition) is 2. The molecular weight excluding hydrogens is 456 g/mol. The first-order valence-corrected chi connectivity index (χ1v) is 14.6. The average Bonchev–Trinajstić information content (AvgIpc) is 2.80. The van der Waals surface area contributed by atoms with Gasteiger partial charge in [-0.3, -0.25) is 0 Å². The van der Waals surface area contributed by atoms with Gasteiger partial charge in [-0.15, -0.1) is 0 Å². The first-order chi connectivity index (χ1) is 16.2. The van der Waals surface area contributed by atoms with Crippen LogP contribution in [-0.2, 0) is 14.9 Å². The molecule has 2 amide bonds. The number of nitriles is 1. The Hall–Kier alpha value is -1.57. The van der Waals surface area contributed by atoms with E-state index in [1.807, 2.05) is 6.26 Å². The van der Waals surface area contributed by atoms with E-state index in [1.165, 1.54) is 6.42 Å². The van der Waals surface area contributed by atoms with Crippen molar-refractivity contribution in [2.75, 3.05) is 38.5 Å². The second kappa shape index (κ2) is 14.1. The Balaban J connectivity index is 1.63. The zero-order valence-electron chi connectivity index (χ0n) is 21.0. The lowest BCUT2D eigenvalue weighted by atomic mass is 9.76. The van der Waals surface area contributed by atoms with Crippen LogP contribution < -0.4 is 10.6 Å². The first-order valence-electron chi connectivity index (χ1n) is 13.1. The molecule has 0 aromatic heterocycles. The van der Waals surface area contributed by atoms with Crippen LogP contribution in [0.1, 0.15) is 78.1 Å². The lowest BCUT2D eigenvalue weighted by molar-refractivity contribution is -0.923. The second-order valence-corrected chi connectivity index (χ2v) is 11.8. The first kappa shape index (κ1) is 28.7. The van der Waals surface area contributed by atoms with Gasteiger partial charge in [-0.1, -0.05) is 0 Å². The van der Waals surface area contributed by atoms with E-state index >= 15 is 0 Å². The average molecular weight is 501 g/mol. The summed E-state index contributed by atoms with van der Waals surface area (Å²) in [7, 11) is -4.19. The fourth-order valence-electron chi connectivity index (χ4n) is 5.76. The largest absolute Gasteiger partial charge is 0.748 e. The van der Waals surface area contributed by atoms with E-state index in [2.05, 4.69) is 24.5 Å². The Labute approximate surface area is 205 Å². The van der Waals surface area contributed by atoms with Crippen LogP contribution >= 0.6 is 0 Å². The van der Waals surface area contributed by atoms with Gasteiger partial charge in [0.1, 0.15) is 6.10 Å². The standard InChI is InChI=1S/C24H44N4O5S/c1-3-28(4-2,15-5-17-34(30,31)32)16-14-26-24(29)27-22-10-6-20(7-11-22)18-21-8-12-23(13-9-21)33-19-25/h20-23H,3-18H2,1-2H3,(H2-,26,27,29,30,31,32). The van der Waals surface area contributed by atoms with Crippen molar-refractivity contribution in [1.29, 1.82) is 5.26 Å². The molecule has 196 valence electrons. The van der Waals surface area contributed by atoms with Crippen molar-refractivity contribution in [2.24, 2.45) is 11.8 Å². The summed E-state index contributed by atoms with van der Waals surface area (Å²) < 4.78 is 38.5. The van der Waals surface area contributed by atoms with Crippen LogP contribution in [0.5, 0.6) is 0 Å². The predicted octanol–water partition coefficient (Wildman–Crippen LogP) is 3.08. The monoisotopic (exact) mass is 500 g/mol. The van der Waals surface area contributed by atoms with E-state index in [0.717, 1.165) is 76.3 Å². The summed E-state index contributed by atoms with van der Waals surface area (Å²) in [5.74, 6) is 1.13. The Bertz CT molecular complexity index is 750. The van der Waals surface area contributed by atoms with Gasteiger partial charge in [0.2, 0.25) is 0 Å². The van der Waals surface area contributed by atoms with Gasteiger partial charge in [0.15, 0.2) is 0 Å². The molecule has 2 fully saturated rings. The van der Waals surface area contributed by atoms with Crippen molar-refractivity contribution in [3.05, 3.63) is 0 Å². The summed E-state index contributed by atoms with van der Waals surface area (Å²) in [5, 5.41) is 14.8. The highest BCUT2D eigenvalue weighted by Gasteiger charge is 2.28. The second-order valence-electron chi connectivity index (χ2n) is 10.2. The lowest BCUT2D eigenvalue weighted by Crippen LogP contribution is -2.53. The van der Waals surface area contributed by atoms with E-state index in [1.54, 1.807) is 0 Å². The van der Waals surface area contributed by atoms with Crippen molar-refractivity contribution in [1.82, 2.24) is 10.6 Å². The Kier molecular flexibility index (Phi) is 11.9. The molecule has 0 radical (unpaired) electrons. The Morgan fingerprint density at radius 2 is 1.62 bits per heavy atom. The smallest absolute Gasteiger partial charge is 0.315 e. The van der Waals surface area contributed by atoms with E-state index in [0.29, 0.717) is 30.5 Å². The van der Waals surface area contributed by atoms with Gasteiger partial charge >= 0.3 is 6.03 Å². The highest BCUT2D eigenvalue weighted by Crippen LogP contribution is 2.36. The SMILES string of the molecule is CC[N+](CC)(CCCS(=O)(=O)[O-])CCNC(=O)NC1CCC(CC2CCC(OC#N)CC2)CC1. The zero-order chi connectivity index (χ0) is 25.0. The number of amides is 2. The molecule has 0 aromatic rings. The number of rotatable bonds is 13. The third kappa shape index (κ3) is 10.4. The van der Waals surface area contributed by atoms with Crippen LogP contribution in [0.25, 0.3) is 0 Å². The van der Waals surface area contributed by atoms with Crippen LogP contribution in [0.3, 0.4) is 0 Å². The molecular formula is C24H44N4O5S. The number of nitrogens with one attached hydrogen (secondary N) is 2. The maximum absolute atomic E-state index is 12.4. The van der Waals surface area contributed by atoms with Crippen molar-refractivity contribution in [2.45, 2.75) is 90.2 Å². The number of carbonyl (C=O) groups excluding carboxylic acids is 1. The summed E-state index contributed by atoms with van der Waals surface area (Å²) in [4.78, 5) is 12.4. The van der Waals surface area contributed by atoms with E-state index < -0.39 is 10.1 Å². The number of urea groups is 1. The van der Waals surface area contributed by atoms with E-state index in [-0.39, 0.29) is 23.9 Å². The van der Waals surface area contributed by atoms with Gasteiger partial charge < -0.3 is 24.4 Å². The summed E-state index contributed by atoms with van der Waals surface area (Å²) in [6.07, 6.45) is 12.1. The molecule has 2 N–H and O–H groups in total. The van der Waals surface area contributed by atoms with Crippen molar-refractivity contribution < 1.29 is 27.0 Å². The van der Waals surface area contributed by atoms with Gasteiger partial charge in [-0.05, 0) is 83.5 Å². The maximum atomic E-state index is 12.4. The van der Waals surface area contributed by atoms with Crippen LogP contribution in [0.4, 0.5) is 4.79 Å². The molecule has 0 heterocycles. The molecule has 0 bridgehead atoms. The Morgan fingerprint density at radius 1 is 1.03 bits per heavy atom. The molecule has 0 aliphatic heterocycles. The zero-order valence-corrected chi connectivity index (χ0v) is 21.8. The van der Waals surface area contributed by atoms with Crippen LogP contribution in [0.2, 0.25) is 0 Å². The van der Waals surface area contributed by atoms with E-state index in [4.69, 9.17) is 10.00 Å². The molecule has 10 heteroatoms. The van der Waals surface area contributed by atoms with Crippen molar-refractivity contribution in [3.63, 3.8) is 0 Å². The van der Waals surface area contributed by atoms with Crippen LogP contribution in [0.15, 0.2) is 0 Å². The molecule has 0 atom stereocenters. The van der Waals surface area contributed by atoms with Gasteiger partial charge in [-0.25, -0.2) is 13.2 Å². The van der Waals surface area contributed by atoms with Gasteiger partial charge in [-0.2, -0.15) is 5.26 Å². The summed E-state index contributed by atoms with van der Waals surface area (Å²) in [6.45, 7) is 7.62. The molecule has 2 aliphatic rings. The van der Waals surface area contributed by atoms with Gasteiger partial charge in [0, 0.05) is 18.2 Å². The molecule has 0 unspecified atom stereocenters. The van der Waals surface area contributed by atoms with Crippen molar-refractivity contribution in [3.8, 4) is 6.26 Å². The van der Waals surface area contributed by atoms with Crippen LogP contribution in [0, 0.1) is 23.4 Å². The fraction of sp³-hybridized carbons (Fsp3) is 0.917. The summed E-state index contributed by atoms with van der Waals surface area (Å²) in [5.41, 5.74) is 0. The molecule has 2 rings (SSSR count). The number of hydrogen-bond acceptors (Lipinski definition) is 6. The number of carbonyl (C=O) groups is 1. The van der Waals surface area contributed by atoms with Gasteiger partial charge in [0.25, 0.3) is 6.26 Å².